The number of fused-ring (bicyclic) bond motifs is 1. The van der Waals surface area contributed by atoms with Crippen molar-refractivity contribution in [2.24, 2.45) is 0 Å². The molecule has 10 heteroatoms. The van der Waals surface area contributed by atoms with E-state index in [9.17, 15) is 22.7 Å². The lowest BCUT2D eigenvalue weighted by Gasteiger charge is -2.30. The fourth-order valence-corrected chi connectivity index (χ4v) is 5.36. The number of pyridine rings is 1. The third-order valence-electron chi connectivity index (χ3n) is 5.60. The van der Waals surface area contributed by atoms with Crippen LogP contribution in [0, 0.1) is 12.7 Å². The number of nitrogens with zero attached hydrogens (tertiary/aromatic N) is 2. The molecule has 0 atom stereocenters. The second kappa shape index (κ2) is 8.11. The first-order valence-corrected chi connectivity index (χ1v) is 12.1. The summed E-state index contributed by atoms with van der Waals surface area (Å²) in [5.74, 6) is -0.489. The van der Waals surface area contributed by atoms with Gasteiger partial charge in [-0.15, -0.1) is 0 Å². The van der Waals surface area contributed by atoms with Gasteiger partial charge in [-0.1, -0.05) is 0 Å². The number of hydrogen-bond donors (Lipinski definition) is 2. The Hall–Kier alpha value is -2.98. The molecule has 1 aliphatic rings. The van der Waals surface area contributed by atoms with Gasteiger partial charge in [0.1, 0.15) is 16.4 Å². The van der Waals surface area contributed by atoms with Gasteiger partial charge in [0.15, 0.2) is 5.75 Å². The van der Waals surface area contributed by atoms with Gasteiger partial charge in [-0.05, 0) is 76.8 Å². The highest BCUT2D eigenvalue weighted by Crippen LogP contribution is 2.46. The van der Waals surface area contributed by atoms with Crippen LogP contribution >= 0.6 is 0 Å². The lowest BCUT2D eigenvalue weighted by atomic mass is 9.92. The summed E-state index contributed by atoms with van der Waals surface area (Å²) in [6.07, 6.45) is 2.46. The Labute approximate surface area is 191 Å². The van der Waals surface area contributed by atoms with Crippen molar-refractivity contribution in [2.45, 2.75) is 63.4 Å². The van der Waals surface area contributed by atoms with E-state index in [2.05, 4.69) is 9.71 Å². The van der Waals surface area contributed by atoms with Crippen molar-refractivity contribution in [3.63, 3.8) is 0 Å². The number of carbonyl (C=O) groups is 1. The highest BCUT2D eigenvalue weighted by Gasteiger charge is 2.31. The molecule has 0 saturated heterocycles. The van der Waals surface area contributed by atoms with Crippen LogP contribution in [0.15, 0.2) is 35.4 Å². The summed E-state index contributed by atoms with van der Waals surface area (Å²) in [6, 6.07) is 5.95. The van der Waals surface area contributed by atoms with Gasteiger partial charge in [-0.25, -0.2) is 22.3 Å². The fraction of sp³-hybridized carbons (Fsp3) is 0.391. The number of hydrogen-bond acceptors (Lipinski definition) is 5. The third-order valence-corrected chi connectivity index (χ3v) is 7.34. The molecule has 3 aromatic rings. The molecule has 0 radical (unpaired) electrons. The maximum atomic E-state index is 14.4. The summed E-state index contributed by atoms with van der Waals surface area (Å²) in [4.78, 5) is 15.8. The zero-order chi connectivity index (χ0) is 24.1. The number of nitrogens with one attached hydrogen (secondary N) is 1. The highest BCUT2D eigenvalue weighted by molar-refractivity contribution is 7.89. The van der Waals surface area contributed by atoms with Gasteiger partial charge in [-0.3, -0.25) is 4.98 Å². The molecular weight excluding hydrogens is 449 g/mol. The van der Waals surface area contributed by atoms with E-state index in [0.29, 0.717) is 27.9 Å². The quantitative estimate of drug-likeness (QED) is 0.502. The molecule has 33 heavy (non-hydrogen) atoms. The summed E-state index contributed by atoms with van der Waals surface area (Å²) in [7, 11) is -3.80. The summed E-state index contributed by atoms with van der Waals surface area (Å²) in [5, 5.41) is 9.70. The van der Waals surface area contributed by atoms with Crippen LogP contribution < -0.4 is 9.46 Å². The van der Waals surface area contributed by atoms with Crippen molar-refractivity contribution in [1.82, 2.24) is 14.3 Å². The maximum Gasteiger partial charge on any atom is 0.511 e. The average Bonchev–Trinajstić information content (AvgIpc) is 2.92. The highest BCUT2D eigenvalue weighted by atomic mass is 32.2. The van der Waals surface area contributed by atoms with E-state index >= 15 is 0 Å². The number of carboxylic acid groups (broad SMARTS) is 1. The van der Waals surface area contributed by atoms with Crippen LogP contribution in [0.1, 0.15) is 51.6 Å². The summed E-state index contributed by atoms with van der Waals surface area (Å²) in [5.41, 5.74) is 1.13. The zero-order valence-corrected chi connectivity index (χ0v) is 19.7. The van der Waals surface area contributed by atoms with E-state index < -0.39 is 27.5 Å². The van der Waals surface area contributed by atoms with E-state index in [4.69, 9.17) is 4.74 Å². The van der Waals surface area contributed by atoms with Crippen LogP contribution in [0.2, 0.25) is 0 Å². The molecule has 2 heterocycles. The lowest BCUT2D eigenvalue weighted by molar-refractivity contribution is 0.145. The van der Waals surface area contributed by atoms with E-state index in [1.165, 1.54) is 24.4 Å². The molecule has 0 aliphatic heterocycles. The van der Waals surface area contributed by atoms with Gasteiger partial charge in [0.05, 0.1) is 11.2 Å². The maximum absolute atomic E-state index is 14.4. The van der Waals surface area contributed by atoms with E-state index in [1.807, 2.05) is 4.57 Å². The number of aryl methyl sites for hydroxylation is 1. The van der Waals surface area contributed by atoms with Crippen molar-refractivity contribution in [2.75, 3.05) is 0 Å². The molecule has 2 aromatic heterocycles. The monoisotopic (exact) mass is 475 g/mol. The predicted molar refractivity (Wildman–Crippen MR) is 121 cm³/mol. The molecule has 1 fully saturated rings. The van der Waals surface area contributed by atoms with Crippen molar-refractivity contribution >= 4 is 27.1 Å². The van der Waals surface area contributed by atoms with E-state index in [0.717, 1.165) is 19.3 Å². The SMILES string of the molecule is Cc1cc2c(cc1F)c(OC(=O)O)c(-c1ccc(S(=O)(=O)NC(C)(C)C)cn1)n2C1CCC1. The number of halogens is 1. The normalized spacial score (nSPS) is 14.9. The number of sulfonamides is 1. The molecule has 1 aliphatic carbocycles. The van der Waals surface area contributed by atoms with Crippen LogP contribution in [-0.2, 0) is 10.0 Å². The van der Waals surface area contributed by atoms with E-state index in [1.54, 1.807) is 33.8 Å². The molecule has 0 bridgehead atoms. The van der Waals surface area contributed by atoms with Crippen LogP contribution in [-0.4, -0.2) is 34.8 Å². The van der Waals surface area contributed by atoms with Crippen molar-refractivity contribution in [3.8, 4) is 17.1 Å². The third kappa shape index (κ3) is 4.45. The molecule has 0 unspecified atom stereocenters. The largest absolute Gasteiger partial charge is 0.511 e. The molecule has 176 valence electrons. The van der Waals surface area contributed by atoms with Gasteiger partial charge in [-0.2, -0.15) is 0 Å². The molecule has 0 spiro atoms. The van der Waals surface area contributed by atoms with Gasteiger partial charge in [0.25, 0.3) is 0 Å². The van der Waals surface area contributed by atoms with Gasteiger partial charge in [0, 0.05) is 23.2 Å². The van der Waals surface area contributed by atoms with Crippen LogP contribution in [0.5, 0.6) is 5.75 Å². The van der Waals surface area contributed by atoms with Gasteiger partial charge in [0.2, 0.25) is 10.0 Å². The summed E-state index contributed by atoms with van der Waals surface area (Å²) < 4.78 is 49.4. The first-order chi connectivity index (χ1) is 15.4. The average molecular weight is 476 g/mol. The van der Waals surface area contributed by atoms with E-state index in [-0.39, 0.29) is 16.7 Å². The minimum Gasteiger partial charge on any atom is -0.449 e. The van der Waals surface area contributed by atoms with Crippen LogP contribution in [0.3, 0.4) is 0 Å². The number of ether oxygens (including phenoxy) is 1. The Bertz CT molecular complexity index is 1340. The molecule has 2 N–H and O–H groups in total. The standard InChI is InChI=1S/C23H26FN3O5S/c1-13-10-19-16(11-17(13)24)21(32-22(28)29)20(27(19)14-6-5-7-14)18-9-8-15(12-25-18)33(30,31)26-23(2,3)4/h8-12,14,26H,5-7H2,1-4H3,(H,28,29). The van der Waals surface area contributed by atoms with Crippen molar-refractivity contribution in [1.29, 1.82) is 0 Å². The first kappa shape index (κ1) is 23.2. The number of aromatic nitrogens is 2. The Morgan fingerprint density at radius 1 is 1.27 bits per heavy atom. The second-order valence-corrected chi connectivity index (χ2v) is 11.0. The molecule has 0 amide bonds. The number of rotatable bonds is 5. The molecule has 8 nitrogen and oxygen atoms in total. The van der Waals surface area contributed by atoms with Crippen LogP contribution in [0.25, 0.3) is 22.3 Å². The van der Waals surface area contributed by atoms with Crippen LogP contribution in [0.4, 0.5) is 9.18 Å². The molecule has 1 aromatic carbocycles. The Morgan fingerprint density at radius 2 is 1.97 bits per heavy atom. The minimum absolute atomic E-state index is 0.0146. The Morgan fingerprint density at radius 3 is 2.48 bits per heavy atom. The zero-order valence-electron chi connectivity index (χ0n) is 18.8. The smallest absolute Gasteiger partial charge is 0.449 e. The van der Waals surface area contributed by atoms with Gasteiger partial charge < -0.3 is 14.4 Å². The van der Waals surface area contributed by atoms with Gasteiger partial charge >= 0.3 is 6.16 Å². The second-order valence-electron chi connectivity index (χ2n) is 9.35. The minimum atomic E-state index is -3.80. The summed E-state index contributed by atoms with van der Waals surface area (Å²) in [6.45, 7) is 6.85. The topological polar surface area (TPSA) is 111 Å². The summed E-state index contributed by atoms with van der Waals surface area (Å²) >= 11 is 0. The Kier molecular flexibility index (Phi) is 5.69. The Balaban J connectivity index is 1.92. The van der Waals surface area contributed by atoms with Crippen molar-refractivity contribution < 1.29 is 27.4 Å². The predicted octanol–water partition coefficient (Wildman–Crippen LogP) is 5.01. The fourth-order valence-electron chi connectivity index (χ4n) is 4.00. The molecule has 4 rings (SSSR count). The molecule has 1 saturated carbocycles. The lowest BCUT2D eigenvalue weighted by Crippen LogP contribution is -2.40. The number of benzene rings is 1. The first-order valence-electron chi connectivity index (χ1n) is 10.6. The molecular formula is C23H26FN3O5S. The van der Waals surface area contributed by atoms with Crippen molar-refractivity contribution in [3.05, 3.63) is 41.8 Å².